The van der Waals surface area contributed by atoms with Gasteiger partial charge in [0.15, 0.2) is 11.5 Å². The number of nitrogens with zero attached hydrogens (tertiary/aromatic N) is 1. The fourth-order valence-corrected chi connectivity index (χ4v) is 2.96. The molecule has 0 aliphatic carbocycles. The second-order valence-electron chi connectivity index (χ2n) is 6.48. The zero-order valence-corrected chi connectivity index (χ0v) is 15.5. The quantitative estimate of drug-likeness (QED) is 0.556. The van der Waals surface area contributed by atoms with Crippen LogP contribution in [0.25, 0.3) is 11.1 Å². The summed E-state index contributed by atoms with van der Waals surface area (Å²) in [5, 5.41) is 4.21. The highest BCUT2D eigenvalue weighted by Crippen LogP contribution is 2.30. The molecule has 1 atom stereocenters. The summed E-state index contributed by atoms with van der Waals surface area (Å²) >= 11 is 0. The van der Waals surface area contributed by atoms with Crippen molar-refractivity contribution < 1.29 is 14.3 Å². The normalized spacial score (nSPS) is 15.8. The van der Waals surface area contributed by atoms with Gasteiger partial charge in [0.25, 0.3) is 5.91 Å². The molecule has 1 aliphatic heterocycles. The third-order valence-electron chi connectivity index (χ3n) is 4.54. The Labute approximate surface area is 163 Å². The van der Waals surface area contributed by atoms with Crippen LogP contribution in [0.5, 0.6) is 11.5 Å². The maximum absolute atomic E-state index is 12.4. The topological polar surface area (TPSA) is 59.9 Å². The van der Waals surface area contributed by atoms with E-state index in [0.29, 0.717) is 17.2 Å². The number of hydrazone groups is 1. The Morgan fingerprint density at radius 3 is 2.29 bits per heavy atom. The molecule has 4 rings (SSSR count). The summed E-state index contributed by atoms with van der Waals surface area (Å²) in [7, 11) is 0. The van der Waals surface area contributed by atoms with Crippen molar-refractivity contribution in [1.82, 2.24) is 5.43 Å². The minimum atomic E-state index is -0.730. The molecule has 5 nitrogen and oxygen atoms in total. The smallest absolute Gasteiger partial charge is 0.284 e. The van der Waals surface area contributed by atoms with Gasteiger partial charge >= 0.3 is 0 Å². The van der Waals surface area contributed by atoms with Crippen LogP contribution in [0.15, 0.2) is 84.0 Å². The van der Waals surface area contributed by atoms with E-state index < -0.39 is 6.10 Å². The molecule has 0 spiro atoms. The van der Waals surface area contributed by atoms with Crippen molar-refractivity contribution in [3.05, 3.63) is 84.4 Å². The summed E-state index contributed by atoms with van der Waals surface area (Å²) < 4.78 is 11.3. The van der Waals surface area contributed by atoms with Gasteiger partial charge in [0.1, 0.15) is 6.61 Å². The largest absolute Gasteiger partial charge is 0.485 e. The van der Waals surface area contributed by atoms with Gasteiger partial charge < -0.3 is 9.47 Å². The Morgan fingerprint density at radius 2 is 1.54 bits per heavy atom. The maximum Gasteiger partial charge on any atom is 0.284 e. The summed E-state index contributed by atoms with van der Waals surface area (Å²) in [4.78, 5) is 12.4. The fraction of sp³-hybridized carbons (Fsp3) is 0.130. The first-order valence-corrected chi connectivity index (χ1v) is 9.09. The van der Waals surface area contributed by atoms with E-state index in [9.17, 15) is 4.79 Å². The van der Waals surface area contributed by atoms with E-state index in [1.54, 1.807) is 6.07 Å². The van der Waals surface area contributed by atoms with Gasteiger partial charge in [0.2, 0.25) is 6.10 Å². The van der Waals surface area contributed by atoms with Crippen LogP contribution in [-0.2, 0) is 4.79 Å². The summed E-state index contributed by atoms with van der Waals surface area (Å²) in [5.41, 5.74) is 6.51. The van der Waals surface area contributed by atoms with Crippen molar-refractivity contribution in [2.24, 2.45) is 5.10 Å². The molecule has 0 fully saturated rings. The van der Waals surface area contributed by atoms with Crippen molar-refractivity contribution in [2.45, 2.75) is 13.0 Å². The van der Waals surface area contributed by atoms with Crippen molar-refractivity contribution in [3.8, 4) is 22.6 Å². The van der Waals surface area contributed by atoms with Crippen LogP contribution in [0.1, 0.15) is 12.5 Å². The molecule has 5 heteroatoms. The molecule has 3 aromatic rings. The van der Waals surface area contributed by atoms with E-state index in [4.69, 9.17) is 9.47 Å². The number of rotatable bonds is 4. The number of hydrogen-bond donors (Lipinski definition) is 1. The molecule has 0 bridgehead atoms. The van der Waals surface area contributed by atoms with Gasteiger partial charge in [-0.25, -0.2) is 5.43 Å². The number of benzene rings is 3. The molecule has 3 aromatic carbocycles. The first kappa shape index (κ1) is 17.8. The van der Waals surface area contributed by atoms with E-state index in [0.717, 1.165) is 16.7 Å². The Morgan fingerprint density at radius 1 is 0.893 bits per heavy atom. The molecule has 0 aromatic heterocycles. The predicted molar refractivity (Wildman–Crippen MR) is 109 cm³/mol. The SMILES string of the molecule is CC(=NNC(=O)C1COc2ccccc2O1)c1ccc(-c2ccccc2)cc1. The lowest BCUT2D eigenvalue weighted by molar-refractivity contribution is -0.130. The summed E-state index contributed by atoms with van der Waals surface area (Å²) in [6.07, 6.45) is -0.730. The van der Waals surface area contributed by atoms with Crippen LogP contribution >= 0.6 is 0 Å². The van der Waals surface area contributed by atoms with Crippen molar-refractivity contribution in [2.75, 3.05) is 6.61 Å². The number of fused-ring (bicyclic) bond motifs is 1. The zero-order chi connectivity index (χ0) is 19.3. The highest BCUT2D eigenvalue weighted by atomic mass is 16.6. The Kier molecular flexibility index (Phi) is 5.06. The van der Waals surface area contributed by atoms with E-state index in [1.165, 1.54) is 0 Å². The van der Waals surface area contributed by atoms with E-state index in [1.807, 2.05) is 67.6 Å². The highest BCUT2D eigenvalue weighted by Gasteiger charge is 2.27. The second-order valence-corrected chi connectivity index (χ2v) is 6.48. The minimum Gasteiger partial charge on any atom is -0.485 e. The first-order valence-electron chi connectivity index (χ1n) is 9.09. The predicted octanol–water partition coefficient (Wildman–Crippen LogP) is 4.03. The number of carbonyl (C=O) groups excluding carboxylic acids is 1. The second kappa shape index (κ2) is 7.96. The fourth-order valence-electron chi connectivity index (χ4n) is 2.96. The maximum atomic E-state index is 12.4. The standard InChI is InChI=1S/C23H20N2O3/c1-16(17-11-13-19(14-12-17)18-7-3-2-4-8-18)24-25-23(26)22-15-27-20-9-5-6-10-21(20)28-22/h2-14,22H,15H2,1H3,(H,25,26). The van der Waals surface area contributed by atoms with Crippen molar-refractivity contribution >= 4 is 11.6 Å². The Balaban J connectivity index is 1.40. The highest BCUT2D eigenvalue weighted by molar-refractivity contribution is 5.99. The monoisotopic (exact) mass is 372 g/mol. The van der Waals surface area contributed by atoms with Gasteiger partial charge in [-0.1, -0.05) is 66.7 Å². The molecular weight excluding hydrogens is 352 g/mol. The first-order chi connectivity index (χ1) is 13.7. The molecule has 0 saturated carbocycles. The molecule has 1 unspecified atom stereocenters. The number of ether oxygens (including phenoxy) is 2. The third-order valence-corrected chi connectivity index (χ3v) is 4.54. The van der Waals surface area contributed by atoms with Gasteiger partial charge in [0, 0.05) is 0 Å². The number of hydrogen-bond acceptors (Lipinski definition) is 4. The van der Waals surface area contributed by atoms with Gasteiger partial charge in [-0.15, -0.1) is 0 Å². The van der Waals surface area contributed by atoms with Gasteiger partial charge in [0.05, 0.1) is 5.71 Å². The average molecular weight is 372 g/mol. The van der Waals surface area contributed by atoms with Gasteiger partial charge in [-0.2, -0.15) is 5.10 Å². The Bertz CT molecular complexity index is 998. The summed E-state index contributed by atoms with van der Waals surface area (Å²) in [6.45, 7) is 2.01. The lowest BCUT2D eigenvalue weighted by Crippen LogP contribution is -2.42. The molecule has 28 heavy (non-hydrogen) atoms. The van der Waals surface area contributed by atoms with E-state index in [2.05, 4.69) is 22.7 Å². The summed E-state index contributed by atoms with van der Waals surface area (Å²) in [5.74, 6) is 0.866. The van der Waals surface area contributed by atoms with Crippen molar-refractivity contribution in [1.29, 1.82) is 0 Å². The third kappa shape index (κ3) is 3.88. The van der Waals surface area contributed by atoms with E-state index >= 15 is 0 Å². The van der Waals surface area contributed by atoms with Crippen molar-refractivity contribution in [3.63, 3.8) is 0 Å². The minimum absolute atomic E-state index is 0.156. The number of para-hydroxylation sites is 2. The molecule has 1 heterocycles. The van der Waals surface area contributed by atoms with Gasteiger partial charge in [-0.05, 0) is 35.7 Å². The lowest BCUT2D eigenvalue weighted by atomic mass is 10.0. The average Bonchev–Trinajstić information content (AvgIpc) is 2.77. The van der Waals surface area contributed by atoms with Crippen LogP contribution in [0.3, 0.4) is 0 Å². The molecule has 0 saturated heterocycles. The van der Waals surface area contributed by atoms with Crippen LogP contribution in [0.4, 0.5) is 0 Å². The molecule has 1 aliphatic rings. The van der Waals surface area contributed by atoms with Gasteiger partial charge in [-0.3, -0.25) is 4.79 Å². The molecular formula is C23H20N2O3. The number of carbonyl (C=O) groups is 1. The molecule has 1 amide bonds. The van der Waals surface area contributed by atoms with E-state index in [-0.39, 0.29) is 12.5 Å². The van der Waals surface area contributed by atoms with Crippen LogP contribution in [0, 0.1) is 0 Å². The lowest BCUT2D eigenvalue weighted by Gasteiger charge is -2.24. The zero-order valence-electron chi connectivity index (χ0n) is 15.5. The molecule has 1 N–H and O–H groups in total. The molecule has 0 radical (unpaired) electrons. The van der Waals surface area contributed by atoms with Crippen LogP contribution < -0.4 is 14.9 Å². The summed E-state index contributed by atoms with van der Waals surface area (Å²) in [6, 6.07) is 25.5. The number of nitrogens with one attached hydrogen (secondary N) is 1. The van der Waals surface area contributed by atoms with Crippen LogP contribution in [0.2, 0.25) is 0 Å². The number of amides is 1. The Hall–Kier alpha value is -3.60. The molecule has 140 valence electrons. The van der Waals surface area contributed by atoms with Crippen LogP contribution in [-0.4, -0.2) is 24.3 Å².